The molecular formula is C33H31N3O6S2. The molecule has 3 amide bonds. The van der Waals surface area contributed by atoms with Crippen LogP contribution in [0.1, 0.15) is 42.7 Å². The molecule has 9 nitrogen and oxygen atoms in total. The van der Waals surface area contributed by atoms with Gasteiger partial charge in [0, 0.05) is 16.5 Å². The lowest BCUT2D eigenvalue weighted by molar-refractivity contribution is -0.122. The molecule has 1 fully saturated rings. The molecule has 2 aliphatic heterocycles. The van der Waals surface area contributed by atoms with Crippen LogP contribution in [0.15, 0.2) is 82.6 Å². The molecule has 4 aromatic rings. The molecule has 0 saturated carbocycles. The number of hydrogen-bond donors (Lipinski definition) is 2. The minimum Gasteiger partial charge on any atom is -0.508 e. The third kappa shape index (κ3) is 5.30. The largest absolute Gasteiger partial charge is 0.508 e. The highest BCUT2D eigenvalue weighted by molar-refractivity contribution is 8.00. The van der Waals surface area contributed by atoms with Crippen LogP contribution in [-0.4, -0.2) is 39.8 Å². The number of aromatic nitrogens is 1. The third-order valence-corrected chi connectivity index (χ3v) is 10.6. The van der Waals surface area contributed by atoms with E-state index in [0.29, 0.717) is 27.0 Å². The number of anilines is 2. The monoisotopic (exact) mass is 629 g/mol. The Morgan fingerprint density at radius 1 is 0.932 bits per heavy atom. The van der Waals surface area contributed by atoms with Crippen LogP contribution in [0.5, 0.6) is 11.5 Å². The van der Waals surface area contributed by atoms with E-state index in [4.69, 9.17) is 4.74 Å². The van der Waals surface area contributed by atoms with Crippen molar-refractivity contribution in [2.24, 2.45) is 5.92 Å². The minimum absolute atomic E-state index is 0.0677. The smallest absolute Gasteiger partial charge is 0.308 e. The SMILES string of the molecule is COc1ccc(N2C(=O)[C@H]3[C@H](c4ccc(C(C)(C)C)cc4)c4sc(=O)n(CC(=O)Nc5ccc(O)cc5)c4S[C@H]3C2=O)cc1. The van der Waals surface area contributed by atoms with Gasteiger partial charge in [-0.1, -0.05) is 68.1 Å². The van der Waals surface area contributed by atoms with Crippen LogP contribution < -0.4 is 19.8 Å². The van der Waals surface area contributed by atoms with E-state index in [2.05, 4.69) is 26.1 Å². The zero-order valence-corrected chi connectivity index (χ0v) is 26.2. The lowest BCUT2D eigenvalue weighted by Gasteiger charge is -2.31. The number of amides is 3. The first-order valence-electron chi connectivity index (χ1n) is 14.1. The fraction of sp³-hybridized carbons (Fsp3) is 0.273. The van der Waals surface area contributed by atoms with Gasteiger partial charge in [-0.2, -0.15) is 0 Å². The quantitative estimate of drug-likeness (QED) is 0.218. The summed E-state index contributed by atoms with van der Waals surface area (Å²) < 4.78 is 6.64. The fourth-order valence-corrected chi connectivity index (χ4v) is 8.45. The van der Waals surface area contributed by atoms with Gasteiger partial charge in [-0.15, -0.1) is 0 Å². The van der Waals surface area contributed by atoms with Crippen LogP contribution in [0.4, 0.5) is 11.4 Å². The number of nitrogens with zero attached hydrogens (tertiary/aromatic N) is 2. The maximum absolute atomic E-state index is 14.1. The van der Waals surface area contributed by atoms with Crippen LogP contribution in [0.3, 0.4) is 0 Å². The number of phenols is 1. The lowest BCUT2D eigenvalue weighted by Crippen LogP contribution is -2.33. The molecule has 44 heavy (non-hydrogen) atoms. The molecule has 0 unspecified atom stereocenters. The molecule has 3 aromatic carbocycles. The fourth-order valence-electron chi connectivity index (χ4n) is 5.68. The average molecular weight is 630 g/mol. The van der Waals surface area contributed by atoms with Crippen molar-refractivity contribution in [2.45, 2.75) is 48.9 Å². The minimum atomic E-state index is -0.787. The van der Waals surface area contributed by atoms with Crippen molar-refractivity contribution in [2.75, 3.05) is 17.3 Å². The van der Waals surface area contributed by atoms with Crippen LogP contribution in [-0.2, 0) is 26.3 Å². The maximum atomic E-state index is 14.1. The molecule has 0 aliphatic carbocycles. The molecule has 6 rings (SSSR count). The molecule has 0 spiro atoms. The predicted octanol–water partition coefficient (Wildman–Crippen LogP) is 5.36. The second-order valence-corrected chi connectivity index (χ2v) is 14.0. The van der Waals surface area contributed by atoms with Crippen LogP contribution in [0.2, 0.25) is 0 Å². The number of aromatic hydroxyl groups is 1. The van der Waals surface area contributed by atoms with Gasteiger partial charge in [-0.25, -0.2) is 4.90 Å². The van der Waals surface area contributed by atoms with Crippen molar-refractivity contribution in [1.82, 2.24) is 4.57 Å². The zero-order chi connectivity index (χ0) is 31.3. The van der Waals surface area contributed by atoms with E-state index in [1.54, 1.807) is 43.5 Å². The number of thiazole rings is 1. The Hall–Kier alpha value is -4.35. The number of carbonyl (C=O) groups excluding carboxylic acids is 3. The van der Waals surface area contributed by atoms with E-state index in [0.717, 1.165) is 22.5 Å². The number of imide groups is 1. The van der Waals surface area contributed by atoms with Gasteiger partial charge in [-0.05, 0) is 65.1 Å². The topological polar surface area (TPSA) is 118 Å². The summed E-state index contributed by atoms with van der Waals surface area (Å²) in [5.74, 6) is -1.74. The highest BCUT2D eigenvalue weighted by Gasteiger charge is 2.56. The number of nitrogens with one attached hydrogen (secondary N) is 1. The Balaban J connectivity index is 1.41. The third-order valence-electron chi connectivity index (χ3n) is 7.97. The molecule has 2 aliphatic rings. The second kappa shape index (κ2) is 11.3. The summed E-state index contributed by atoms with van der Waals surface area (Å²) in [6.07, 6.45) is 0. The number of carbonyl (C=O) groups is 3. The Labute approximate surface area is 262 Å². The van der Waals surface area contributed by atoms with Gasteiger partial charge in [0.15, 0.2) is 0 Å². The second-order valence-electron chi connectivity index (χ2n) is 11.8. The summed E-state index contributed by atoms with van der Waals surface area (Å²) in [4.78, 5) is 56.1. The van der Waals surface area contributed by atoms with Crippen molar-refractivity contribution >= 4 is 52.2 Å². The van der Waals surface area contributed by atoms with Crippen LogP contribution >= 0.6 is 23.1 Å². The molecule has 2 N–H and O–H groups in total. The van der Waals surface area contributed by atoms with Crippen LogP contribution in [0, 0.1) is 5.92 Å². The number of rotatable bonds is 6. The number of hydrogen-bond acceptors (Lipinski definition) is 8. The molecule has 3 atom stereocenters. The molecule has 226 valence electrons. The summed E-state index contributed by atoms with van der Waals surface area (Å²) in [5, 5.41) is 12.0. The zero-order valence-electron chi connectivity index (χ0n) is 24.6. The standard InChI is InChI=1S/C33H31N3O6S2/c1-33(2,3)19-7-5-18(6-8-19)25-26-27(30(40)36(29(26)39)21-11-15-23(42-4)16-12-21)43-31-28(25)44-32(41)35(31)17-24(38)34-20-9-13-22(37)14-10-20/h5-16,25-27,37H,17H2,1-4H3,(H,34,38)/t25-,26-,27+/m0/s1. The first-order valence-corrected chi connectivity index (χ1v) is 15.8. The molecule has 0 bridgehead atoms. The van der Waals surface area contributed by atoms with Gasteiger partial charge in [0.05, 0.1) is 23.7 Å². The van der Waals surface area contributed by atoms with Crippen molar-refractivity contribution in [3.8, 4) is 11.5 Å². The van der Waals surface area contributed by atoms with Gasteiger partial charge in [0.2, 0.25) is 17.7 Å². The van der Waals surface area contributed by atoms with Gasteiger partial charge in [0.1, 0.15) is 23.3 Å². The highest BCUT2D eigenvalue weighted by Crippen LogP contribution is 2.54. The summed E-state index contributed by atoms with van der Waals surface area (Å²) in [6, 6.07) is 20.8. The average Bonchev–Trinajstić information content (AvgIpc) is 3.44. The highest BCUT2D eigenvalue weighted by atomic mass is 32.2. The number of ether oxygens (including phenoxy) is 1. The Kier molecular flexibility index (Phi) is 7.63. The van der Waals surface area contributed by atoms with Gasteiger partial charge in [-0.3, -0.25) is 23.7 Å². The number of thioether (sulfide) groups is 1. The molecule has 0 radical (unpaired) electrons. The molecule has 1 aromatic heterocycles. The van der Waals surface area contributed by atoms with E-state index >= 15 is 0 Å². The number of phenolic OH excluding ortho intramolecular Hbond substituents is 1. The number of fused-ring (bicyclic) bond motifs is 2. The van der Waals surface area contributed by atoms with E-state index in [1.165, 1.54) is 33.4 Å². The number of benzene rings is 3. The Morgan fingerprint density at radius 2 is 1.59 bits per heavy atom. The van der Waals surface area contributed by atoms with Gasteiger partial charge in [0.25, 0.3) is 0 Å². The molecular weight excluding hydrogens is 599 g/mol. The predicted molar refractivity (Wildman–Crippen MR) is 171 cm³/mol. The molecule has 3 heterocycles. The normalized spacial score (nSPS) is 19.5. The van der Waals surface area contributed by atoms with Crippen molar-refractivity contribution in [3.63, 3.8) is 0 Å². The van der Waals surface area contributed by atoms with Gasteiger partial charge >= 0.3 is 4.87 Å². The number of methoxy groups -OCH3 is 1. The summed E-state index contributed by atoms with van der Waals surface area (Å²) in [5.41, 5.74) is 2.79. The first kappa shape index (κ1) is 29.7. The van der Waals surface area contributed by atoms with Crippen molar-refractivity contribution in [3.05, 3.63) is 98.5 Å². The van der Waals surface area contributed by atoms with Crippen LogP contribution in [0.25, 0.3) is 0 Å². The van der Waals surface area contributed by atoms with E-state index in [1.807, 2.05) is 24.3 Å². The summed E-state index contributed by atoms with van der Waals surface area (Å²) >= 11 is 2.18. The van der Waals surface area contributed by atoms with E-state index in [-0.39, 0.29) is 34.4 Å². The molecule has 11 heteroatoms. The van der Waals surface area contributed by atoms with E-state index in [9.17, 15) is 24.3 Å². The summed E-state index contributed by atoms with van der Waals surface area (Å²) in [6.45, 7) is 6.09. The van der Waals surface area contributed by atoms with Gasteiger partial charge < -0.3 is 15.2 Å². The molecule has 1 saturated heterocycles. The lowest BCUT2D eigenvalue weighted by atomic mass is 9.81. The Bertz CT molecular complexity index is 1800. The Morgan fingerprint density at radius 3 is 2.20 bits per heavy atom. The maximum Gasteiger partial charge on any atom is 0.308 e. The van der Waals surface area contributed by atoms with Crippen molar-refractivity contribution < 1.29 is 24.2 Å². The summed E-state index contributed by atoms with van der Waals surface area (Å²) in [7, 11) is 1.55. The first-order chi connectivity index (χ1) is 21.0. The van der Waals surface area contributed by atoms with Crippen molar-refractivity contribution in [1.29, 1.82) is 0 Å². The van der Waals surface area contributed by atoms with E-state index < -0.39 is 23.0 Å².